The summed E-state index contributed by atoms with van der Waals surface area (Å²) in [6, 6.07) is 5.00. The van der Waals surface area contributed by atoms with Gasteiger partial charge in [0.2, 0.25) is 0 Å². The molecule has 7 rings (SSSR count). The maximum atomic E-state index is 13.9. The van der Waals surface area contributed by atoms with E-state index in [0.717, 1.165) is 56.9 Å². The second-order valence-corrected chi connectivity index (χ2v) is 17.4. The highest BCUT2D eigenvalue weighted by molar-refractivity contribution is 5.87. The minimum atomic E-state index is -0.527. The van der Waals surface area contributed by atoms with Gasteiger partial charge in [0.25, 0.3) is 0 Å². The first kappa shape index (κ1) is 31.8. The summed E-state index contributed by atoms with van der Waals surface area (Å²) in [6.45, 7) is 16.9. The highest BCUT2D eigenvalue weighted by Crippen LogP contribution is 2.79. The SMILES string of the molecule is COc1cc(/C=C/C(=O)O[C@H]2CC[C@@]3(C)[C@H](CC[C@]4(C)[C@@H]3C=C[C@]35OC(=O)[C@@]6(CC[C@@H](C)[C@H](C)[C@H]63)CC[C@]54C)C2(C)C)ccc1O. The number of benzene rings is 1. The standard InChI is InChI=1S/C40H54O6/c1-24-13-19-39-22-21-38(7)37(6)18-14-29-35(3,4)31(45-32(42)12-10-26-9-11-27(41)28(23-26)44-8)16-17-36(29,5)30(37)15-20-40(38,46-34(39)43)33(39)25(24)2/h9-12,15,20,23-25,29-31,33,41H,13-14,16-19,21-22H2,1-8H3/b12-10+/t24-,25+,29-,30-,31+,33-,36+,37-,38+,39+,40+/m1/s1. The molecule has 1 saturated heterocycles. The molecule has 0 amide bonds. The predicted octanol–water partition coefficient (Wildman–Crippen LogP) is 8.52. The molecule has 0 radical (unpaired) electrons. The van der Waals surface area contributed by atoms with Crippen molar-refractivity contribution in [3.8, 4) is 11.5 Å². The molecule has 5 aliphatic carbocycles. The summed E-state index contributed by atoms with van der Waals surface area (Å²) in [6.07, 6.45) is 16.0. The Hall–Kier alpha value is -2.76. The van der Waals surface area contributed by atoms with Crippen LogP contribution in [0.3, 0.4) is 0 Å². The van der Waals surface area contributed by atoms with E-state index < -0.39 is 5.60 Å². The lowest BCUT2D eigenvalue weighted by atomic mass is 9.32. The van der Waals surface area contributed by atoms with Gasteiger partial charge in [-0.1, -0.05) is 60.6 Å². The van der Waals surface area contributed by atoms with E-state index in [4.69, 9.17) is 14.2 Å². The quantitative estimate of drug-likeness (QED) is 0.204. The Bertz CT molecular complexity index is 1510. The summed E-state index contributed by atoms with van der Waals surface area (Å²) >= 11 is 0. The van der Waals surface area contributed by atoms with E-state index in [-0.39, 0.29) is 56.8 Å². The van der Waals surface area contributed by atoms with Gasteiger partial charge < -0.3 is 19.3 Å². The second-order valence-electron chi connectivity index (χ2n) is 17.4. The van der Waals surface area contributed by atoms with Crippen molar-refractivity contribution in [3.05, 3.63) is 42.0 Å². The normalized spacial score (nSPS) is 46.8. The van der Waals surface area contributed by atoms with Crippen LogP contribution in [-0.2, 0) is 19.1 Å². The van der Waals surface area contributed by atoms with Crippen LogP contribution in [0.2, 0.25) is 0 Å². The van der Waals surface area contributed by atoms with Gasteiger partial charge in [0.15, 0.2) is 11.5 Å². The number of allylic oxidation sites excluding steroid dienone is 1. The Morgan fingerprint density at radius 1 is 1.00 bits per heavy atom. The molecule has 6 nitrogen and oxygen atoms in total. The topological polar surface area (TPSA) is 82.1 Å². The molecule has 1 aromatic rings. The van der Waals surface area contributed by atoms with Crippen molar-refractivity contribution in [1.82, 2.24) is 0 Å². The van der Waals surface area contributed by atoms with E-state index in [1.165, 1.54) is 13.2 Å². The number of methoxy groups -OCH3 is 1. The molecule has 0 unspecified atom stereocenters. The Labute approximate surface area is 275 Å². The van der Waals surface area contributed by atoms with E-state index in [0.29, 0.717) is 29.4 Å². The number of phenolic OH excluding ortho intramolecular Hbond substituents is 1. The van der Waals surface area contributed by atoms with Gasteiger partial charge in [-0.05, 0) is 116 Å². The van der Waals surface area contributed by atoms with Crippen LogP contribution >= 0.6 is 0 Å². The summed E-state index contributed by atoms with van der Waals surface area (Å²) in [4.78, 5) is 27.0. The second kappa shape index (κ2) is 10.1. The summed E-state index contributed by atoms with van der Waals surface area (Å²) in [5, 5.41) is 9.90. The first-order valence-corrected chi connectivity index (χ1v) is 17.8. The van der Waals surface area contributed by atoms with E-state index in [9.17, 15) is 14.7 Å². The number of aromatic hydroxyl groups is 1. The zero-order valence-electron chi connectivity index (χ0n) is 29.2. The number of phenols is 1. The number of carbonyl (C=O) groups is 2. The predicted molar refractivity (Wildman–Crippen MR) is 178 cm³/mol. The highest BCUT2D eigenvalue weighted by Gasteiger charge is 2.80. The van der Waals surface area contributed by atoms with Gasteiger partial charge in [0.05, 0.1) is 12.5 Å². The summed E-state index contributed by atoms with van der Waals surface area (Å²) in [5.41, 5.74) is -0.367. The van der Waals surface area contributed by atoms with Crippen molar-refractivity contribution in [1.29, 1.82) is 0 Å². The number of hydrogen-bond acceptors (Lipinski definition) is 6. The lowest BCUT2D eigenvalue weighted by Gasteiger charge is -2.72. The number of carbonyl (C=O) groups excluding carboxylic acids is 2. The Balaban J connectivity index is 1.16. The monoisotopic (exact) mass is 630 g/mol. The van der Waals surface area contributed by atoms with Crippen molar-refractivity contribution in [2.24, 2.45) is 56.7 Å². The summed E-state index contributed by atoms with van der Waals surface area (Å²) in [5.74, 6) is 2.20. The zero-order chi connectivity index (χ0) is 33.1. The number of fused-ring (bicyclic) bond motifs is 4. The molecule has 5 fully saturated rings. The van der Waals surface area contributed by atoms with Crippen molar-refractivity contribution in [3.63, 3.8) is 0 Å². The molecule has 4 saturated carbocycles. The molecule has 1 aliphatic heterocycles. The highest BCUT2D eigenvalue weighted by atomic mass is 16.6. The van der Waals surface area contributed by atoms with E-state index in [1.807, 2.05) is 0 Å². The van der Waals surface area contributed by atoms with Crippen LogP contribution in [0.25, 0.3) is 6.08 Å². The van der Waals surface area contributed by atoms with Crippen molar-refractivity contribution >= 4 is 18.0 Å². The molecular formula is C40H54O6. The smallest absolute Gasteiger partial charge is 0.331 e. The Morgan fingerprint density at radius 2 is 1.76 bits per heavy atom. The molecule has 46 heavy (non-hydrogen) atoms. The van der Waals surface area contributed by atoms with Crippen molar-refractivity contribution < 1.29 is 28.9 Å². The lowest BCUT2D eigenvalue weighted by Crippen LogP contribution is -2.71. The van der Waals surface area contributed by atoms with E-state index >= 15 is 0 Å². The Kier molecular flexibility index (Phi) is 7.00. The molecule has 2 bridgehead atoms. The first-order valence-electron chi connectivity index (χ1n) is 17.8. The lowest BCUT2D eigenvalue weighted by molar-refractivity contribution is -0.247. The molecule has 6 heteroatoms. The zero-order valence-corrected chi connectivity index (χ0v) is 29.2. The fraction of sp³-hybridized carbons (Fsp3) is 0.700. The maximum absolute atomic E-state index is 13.9. The van der Waals surface area contributed by atoms with Crippen LogP contribution in [0.1, 0.15) is 105 Å². The van der Waals surface area contributed by atoms with Gasteiger partial charge in [-0.15, -0.1) is 0 Å². The fourth-order valence-corrected chi connectivity index (χ4v) is 12.8. The third-order valence-electron chi connectivity index (χ3n) is 15.6. The van der Waals surface area contributed by atoms with Crippen LogP contribution < -0.4 is 4.74 Å². The Morgan fingerprint density at radius 3 is 2.50 bits per heavy atom. The van der Waals surface area contributed by atoms with Crippen LogP contribution in [0.5, 0.6) is 11.5 Å². The third-order valence-corrected chi connectivity index (χ3v) is 15.6. The molecule has 11 atom stereocenters. The van der Waals surface area contributed by atoms with Crippen LogP contribution in [0.15, 0.2) is 36.4 Å². The van der Waals surface area contributed by atoms with Gasteiger partial charge in [-0.25, -0.2) is 4.79 Å². The third kappa shape index (κ3) is 3.88. The van der Waals surface area contributed by atoms with E-state index in [2.05, 4.69) is 60.6 Å². The molecule has 1 heterocycles. The number of esters is 2. The molecular weight excluding hydrogens is 576 g/mol. The minimum absolute atomic E-state index is 0.00229. The molecule has 0 aromatic heterocycles. The maximum Gasteiger partial charge on any atom is 0.331 e. The van der Waals surface area contributed by atoms with Gasteiger partial charge in [-0.3, -0.25) is 4.79 Å². The number of hydrogen-bond donors (Lipinski definition) is 1. The van der Waals surface area contributed by atoms with Crippen molar-refractivity contribution in [2.75, 3.05) is 7.11 Å². The molecule has 1 aromatic carbocycles. The molecule has 1 spiro atoms. The van der Waals surface area contributed by atoms with Crippen molar-refractivity contribution in [2.45, 2.75) is 112 Å². The molecule has 6 aliphatic rings. The first-order chi connectivity index (χ1) is 21.6. The minimum Gasteiger partial charge on any atom is -0.504 e. The molecule has 250 valence electrons. The number of rotatable bonds is 4. The van der Waals surface area contributed by atoms with Crippen LogP contribution in [-0.4, -0.2) is 35.9 Å². The van der Waals surface area contributed by atoms with Gasteiger partial charge >= 0.3 is 11.9 Å². The van der Waals surface area contributed by atoms with E-state index in [1.54, 1.807) is 24.3 Å². The van der Waals surface area contributed by atoms with Gasteiger partial charge in [0.1, 0.15) is 11.7 Å². The largest absolute Gasteiger partial charge is 0.504 e. The average molecular weight is 631 g/mol. The van der Waals surface area contributed by atoms with Crippen LogP contribution in [0.4, 0.5) is 0 Å². The van der Waals surface area contributed by atoms with Gasteiger partial charge in [0, 0.05) is 22.8 Å². The number of ether oxygens (including phenoxy) is 3. The summed E-state index contributed by atoms with van der Waals surface area (Å²) < 4.78 is 18.2. The van der Waals surface area contributed by atoms with Crippen LogP contribution in [0, 0.1) is 56.7 Å². The average Bonchev–Trinajstić information content (AvgIpc) is 3.21. The molecule has 1 N–H and O–H groups in total. The van der Waals surface area contributed by atoms with Gasteiger partial charge in [-0.2, -0.15) is 0 Å². The fourth-order valence-electron chi connectivity index (χ4n) is 12.8. The summed E-state index contributed by atoms with van der Waals surface area (Å²) in [7, 11) is 1.51.